The molecule has 11 heteroatoms. The van der Waals surface area contributed by atoms with Crippen molar-refractivity contribution < 1.29 is 55.1 Å². The smallest absolute Gasteiger partial charge is 0.270 e. The number of benzene rings is 2. The summed E-state index contributed by atoms with van der Waals surface area (Å²) in [5.74, 6) is -2.38. The van der Waals surface area contributed by atoms with Crippen LogP contribution in [0.15, 0.2) is 30.0 Å². The van der Waals surface area contributed by atoms with Gasteiger partial charge in [-0.1, -0.05) is 0 Å². The molecule has 9 N–H and O–H groups in total. The van der Waals surface area contributed by atoms with Gasteiger partial charge in [-0.05, 0) is 12.1 Å². The highest BCUT2D eigenvalue weighted by atomic mass is 16.7. The summed E-state index contributed by atoms with van der Waals surface area (Å²) in [6, 6.07) is 4.63. The number of phenols is 5. The second kappa shape index (κ2) is 7.71. The zero-order valence-electron chi connectivity index (χ0n) is 15.8. The Morgan fingerprint density at radius 1 is 0.871 bits per heavy atom. The molecule has 166 valence electrons. The van der Waals surface area contributed by atoms with E-state index in [0.29, 0.717) is 0 Å². The molecule has 2 aliphatic rings. The van der Waals surface area contributed by atoms with Gasteiger partial charge in [0.05, 0.1) is 18.2 Å². The van der Waals surface area contributed by atoms with Crippen LogP contribution in [-0.2, 0) is 9.47 Å². The summed E-state index contributed by atoms with van der Waals surface area (Å²) >= 11 is 0. The van der Waals surface area contributed by atoms with Crippen molar-refractivity contribution in [2.75, 3.05) is 6.61 Å². The average Bonchev–Trinajstić information content (AvgIpc) is 2.72. The van der Waals surface area contributed by atoms with E-state index in [0.717, 1.165) is 18.2 Å². The molecule has 31 heavy (non-hydrogen) atoms. The number of aromatic hydroxyl groups is 6. The highest BCUT2D eigenvalue weighted by Crippen LogP contribution is 2.47. The Morgan fingerprint density at radius 2 is 1.55 bits per heavy atom. The van der Waals surface area contributed by atoms with Crippen molar-refractivity contribution in [3.05, 3.63) is 41.2 Å². The van der Waals surface area contributed by atoms with Gasteiger partial charge in [-0.3, -0.25) is 0 Å². The van der Waals surface area contributed by atoms with Gasteiger partial charge < -0.3 is 55.1 Å². The Morgan fingerprint density at radius 3 is 2.23 bits per heavy atom. The van der Waals surface area contributed by atoms with Crippen LogP contribution in [-0.4, -0.2) is 76.8 Å². The van der Waals surface area contributed by atoms with Crippen LogP contribution in [0.3, 0.4) is 0 Å². The first-order chi connectivity index (χ1) is 14.7. The molecule has 5 atom stereocenters. The zero-order chi connectivity index (χ0) is 22.4. The molecule has 0 aliphatic carbocycles. The summed E-state index contributed by atoms with van der Waals surface area (Å²) in [5.41, 5.74) is 0.348. The van der Waals surface area contributed by atoms with Gasteiger partial charge in [0.2, 0.25) is 6.29 Å². The monoisotopic (exact) mass is 437 g/mol. The second-order valence-electron chi connectivity index (χ2n) is 7.25. The van der Waals surface area contributed by atoms with Gasteiger partial charge >= 0.3 is 0 Å². The van der Waals surface area contributed by atoms with Crippen LogP contribution in [0, 0.1) is 0 Å². The van der Waals surface area contributed by atoms with Crippen molar-refractivity contribution in [3.63, 3.8) is 0 Å². The molecule has 0 amide bonds. The minimum absolute atomic E-state index is 0.00869. The maximum Gasteiger partial charge on any atom is 0.270 e. The van der Waals surface area contributed by atoms with Crippen molar-refractivity contribution in [2.24, 2.45) is 0 Å². The lowest BCUT2D eigenvalue weighted by molar-refractivity contribution is -0.263. The van der Waals surface area contributed by atoms with Crippen LogP contribution in [0.5, 0.6) is 34.5 Å². The summed E-state index contributed by atoms with van der Waals surface area (Å²) < 4.78 is 15.4. The number of aliphatic hydroxyl groups is 4. The molecule has 4 rings (SSSR count). The quantitative estimate of drug-likeness (QED) is 0.239. The summed E-state index contributed by atoms with van der Waals surface area (Å²) in [5, 5.41) is 79.1. The van der Waals surface area contributed by atoms with E-state index in [9.17, 15) is 40.9 Å². The standard InChI is InChI=1S/C20H20O11/c21-8-3-10(22)9-5-15(31-20-18(28)17(27)13(25)6-29-20)19(30-14(9)4-8)7-1-11(23)16(26)12(24)2-7/h1-5,13,17-28H,6H2/p+1. The largest absolute Gasteiger partial charge is 0.571 e. The molecule has 5 unspecified atom stereocenters. The minimum atomic E-state index is -1.61. The van der Waals surface area contributed by atoms with E-state index in [1.807, 2.05) is 0 Å². The Balaban J connectivity index is 1.76. The van der Waals surface area contributed by atoms with Crippen LogP contribution in [0.25, 0.3) is 6.08 Å². The van der Waals surface area contributed by atoms with Crippen LogP contribution < -0.4 is 0 Å². The molecule has 0 bridgehead atoms. The van der Waals surface area contributed by atoms with Gasteiger partial charge in [-0.25, -0.2) is 0 Å². The second-order valence-corrected chi connectivity index (χ2v) is 7.25. The van der Waals surface area contributed by atoms with Crippen LogP contribution in [0.1, 0.15) is 17.2 Å². The van der Waals surface area contributed by atoms with Crippen molar-refractivity contribution in [2.45, 2.75) is 30.7 Å². The van der Waals surface area contributed by atoms with E-state index in [1.165, 1.54) is 12.1 Å². The number of fused-ring (bicyclic) bond motifs is 1. The van der Waals surface area contributed by atoms with E-state index in [4.69, 9.17) is 9.47 Å². The first-order valence-corrected chi connectivity index (χ1v) is 9.21. The third-order valence-corrected chi connectivity index (χ3v) is 5.06. The number of hydrogen-bond acceptors (Lipinski definition) is 10. The molecule has 2 heterocycles. The van der Waals surface area contributed by atoms with Gasteiger partial charge in [0, 0.05) is 12.1 Å². The molecule has 1 saturated heterocycles. The number of phenolic OH excluding ortho intramolecular Hbond substituents is 5. The first-order valence-electron chi connectivity index (χ1n) is 9.21. The maximum atomic E-state index is 10.2. The number of hydrogen-bond donors (Lipinski definition) is 8. The lowest BCUT2D eigenvalue weighted by Crippen LogP contribution is -2.53. The van der Waals surface area contributed by atoms with Gasteiger partial charge in [0.1, 0.15) is 35.4 Å². The predicted octanol–water partition coefficient (Wildman–Crippen LogP) is 0.00730. The van der Waals surface area contributed by atoms with Gasteiger partial charge in [0.15, 0.2) is 23.0 Å². The van der Waals surface area contributed by atoms with Crippen LogP contribution >= 0.6 is 0 Å². The predicted molar refractivity (Wildman–Crippen MR) is 102 cm³/mol. The van der Waals surface area contributed by atoms with E-state index in [2.05, 4.69) is 4.74 Å². The summed E-state index contributed by atoms with van der Waals surface area (Å²) in [6.07, 6.45) is -5.56. The first kappa shape index (κ1) is 20.9. The molecule has 2 aromatic carbocycles. The topological polar surface area (TPSA) is 193 Å². The molecule has 0 aromatic heterocycles. The Kier molecular flexibility index (Phi) is 5.19. The Hall–Kier alpha value is -3.38. The molecule has 0 saturated carbocycles. The minimum Gasteiger partial charge on any atom is -0.571 e. The summed E-state index contributed by atoms with van der Waals surface area (Å²) in [6.45, 7) is -0.311. The number of rotatable bonds is 3. The number of aliphatic hydroxyl groups excluding tert-OH is 3. The fourth-order valence-corrected chi connectivity index (χ4v) is 3.42. The SMILES string of the molecule is Oc1cc(O)c2c(c1)[OH+]C(c1cc(O)c(O)c(O)c1)C(OC1OCC(O)C(O)C1O)=C2. The van der Waals surface area contributed by atoms with E-state index in [-0.39, 0.29) is 40.7 Å². The maximum absolute atomic E-state index is 10.2. The van der Waals surface area contributed by atoms with Crippen molar-refractivity contribution in [3.8, 4) is 34.5 Å². The fourth-order valence-electron chi connectivity index (χ4n) is 3.42. The number of ether oxygens (including phenoxy) is 3. The molecule has 0 spiro atoms. The van der Waals surface area contributed by atoms with Crippen LogP contribution in [0.2, 0.25) is 0 Å². The third-order valence-electron chi connectivity index (χ3n) is 5.06. The fraction of sp³-hybridized carbons (Fsp3) is 0.300. The van der Waals surface area contributed by atoms with E-state index >= 15 is 0 Å². The van der Waals surface area contributed by atoms with Gasteiger partial charge in [-0.2, -0.15) is 0 Å². The summed E-state index contributed by atoms with van der Waals surface area (Å²) in [4.78, 5) is 0. The van der Waals surface area contributed by atoms with Crippen LogP contribution in [0.4, 0.5) is 0 Å². The Bertz CT molecular complexity index is 1010. The van der Waals surface area contributed by atoms with Crippen molar-refractivity contribution in [1.29, 1.82) is 0 Å². The molecule has 11 nitrogen and oxygen atoms in total. The normalized spacial score (nSPS) is 27.7. The lowest BCUT2D eigenvalue weighted by Gasteiger charge is -2.36. The van der Waals surface area contributed by atoms with Crippen molar-refractivity contribution in [1.82, 2.24) is 0 Å². The third kappa shape index (κ3) is 3.75. The van der Waals surface area contributed by atoms with E-state index in [1.54, 1.807) is 0 Å². The van der Waals surface area contributed by atoms with E-state index < -0.39 is 48.0 Å². The Labute approximate surface area is 174 Å². The molecule has 0 radical (unpaired) electrons. The molecular formula is C20H21O11+. The molecule has 2 aliphatic heterocycles. The molecule has 2 aromatic rings. The zero-order valence-corrected chi connectivity index (χ0v) is 15.8. The van der Waals surface area contributed by atoms with Gasteiger partial charge in [0.25, 0.3) is 11.9 Å². The van der Waals surface area contributed by atoms with Gasteiger partial charge in [-0.15, -0.1) is 0 Å². The lowest BCUT2D eigenvalue weighted by atomic mass is 10.00. The molecule has 1 fully saturated rings. The molecular weight excluding hydrogens is 416 g/mol. The highest BCUT2D eigenvalue weighted by molar-refractivity contribution is 5.69. The van der Waals surface area contributed by atoms with Crippen molar-refractivity contribution >= 4 is 6.08 Å². The summed E-state index contributed by atoms with van der Waals surface area (Å²) in [7, 11) is 0. The average molecular weight is 437 g/mol. The highest BCUT2D eigenvalue weighted by Gasteiger charge is 2.42.